The first kappa shape index (κ1) is 23.0. The zero-order valence-electron chi connectivity index (χ0n) is 17.7. The predicted molar refractivity (Wildman–Crippen MR) is 119 cm³/mol. The fourth-order valence-electron chi connectivity index (χ4n) is 3.16. The minimum atomic E-state index is -0.540. The van der Waals surface area contributed by atoms with Crippen molar-refractivity contribution < 1.29 is 9.59 Å². The first-order chi connectivity index (χ1) is 13.8. The van der Waals surface area contributed by atoms with Crippen molar-refractivity contribution in [3.8, 4) is 0 Å². The molecule has 0 saturated heterocycles. The van der Waals surface area contributed by atoms with Crippen molar-refractivity contribution in [2.45, 2.75) is 59.0 Å². The Hall–Kier alpha value is -2.33. The number of likely N-dealkylation sites (N-methyl/N-ethyl adjacent to an activating group) is 1. The van der Waals surface area contributed by atoms with Crippen LogP contribution in [-0.2, 0) is 22.6 Å². The number of benzene rings is 2. The van der Waals surface area contributed by atoms with E-state index in [1.807, 2.05) is 19.1 Å². The molecule has 29 heavy (non-hydrogen) atoms. The Labute approximate surface area is 179 Å². The number of nitrogens with zero attached hydrogens (tertiary/aromatic N) is 1. The number of rotatable bonds is 9. The topological polar surface area (TPSA) is 49.4 Å². The summed E-state index contributed by atoms with van der Waals surface area (Å²) in [6.07, 6.45) is 1.01. The molecule has 2 aromatic carbocycles. The molecule has 4 nitrogen and oxygen atoms in total. The van der Waals surface area contributed by atoms with E-state index in [2.05, 4.69) is 43.4 Å². The van der Waals surface area contributed by atoms with Crippen LogP contribution >= 0.6 is 11.6 Å². The van der Waals surface area contributed by atoms with Crippen LogP contribution in [0.2, 0.25) is 5.02 Å². The van der Waals surface area contributed by atoms with E-state index in [-0.39, 0.29) is 11.8 Å². The quantitative estimate of drug-likeness (QED) is 0.631. The van der Waals surface area contributed by atoms with Gasteiger partial charge in [0.15, 0.2) is 0 Å². The molecule has 0 aliphatic carbocycles. The Morgan fingerprint density at radius 1 is 0.966 bits per heavy atom. The van der Waals surface area contributed by atoms with Gasteiger partial charge in [0.05, 0.1) is 0 Å². The Morgan fingerprint density at radius 3 is 2.10 bits per heavy atom. The third kappa shape index (κ3) is 6.90. The van der Waals surface area contributed by atoms with Crippen molar-refractivity contribution in [1.29, 1.82) is 0 Å². The molecule has 2 aromatic rings. The van der Waals surface area contributed by atoms with Gasteiger partial charge >= 0.3 is 0 Å². The number of carbonyl (C=O) groups excluding carboxylic acids is 2. The average Bonchev–Trinajstić information content (AvgIpc) is 2.71. The molecule has 0 aliphatic heterocycles. The summed E-state index contributed by atoms with van der Waals surface area (Å²) in [6, 6.07) is 15.2. The molecule has 5 heteroatoms. The monoisotopic (exact) mass is 414 g/mol. The van der Waals surface area contributed by atoms with Crippen molar-refractivity contribution in [1.82, 2.24) is 10.2 Å². The highest BCUT2D eigenvalue weighted by atomic mass is 35.5. The van der Waals surface area contributed by atoms with Gasteiger partial charge < -0.3 is 10.2 Å². The minimum Gasteiger partial charge on any atom is -0.355 e. The molecule has 0 saturated carbocycles. The van der Waals surface area contributed by atoms with Gasteiger partial charge in [-0.15, -0.1) is 0 Å². The molecular formula is C24H31ClN2O2. The van der Waals surface area contributed by atoms with Gasteiger partial charge in [-0.05, 0) is 55.0 Å². The van der Waals surface area contributed by atoms with E-state index >= 15 is 0 Å². The molecule has 0 fully saturated rings. The average molecular weight is 415 g/mol. The van der Waals surface area contributed by atoms with Crippen LogP contribution in [0.1, 0.15) is 56.7 Å². The fraction of sp³-hybridized carbons (Fsp3) is 0.417. The third-order valence-corrected chi connectivity index (χ3v) is 5.31. The maximum Gasteiger partial charge on any atom is 0.242 e. The molecule has 0 aliphatic rings. The predicted octanol–water partition coefficient (Wildman–Crippen LogP) is 4.95. The summed E-state index contributed by atoms with van der Waals surface area (Å²) in [5, 5.41) is 3.46. The second-order valence-electron chi connectivity index (χ2n) is 7.61. The first-order valence-corrected chi connectivity index (χ1v) is 10.6. The Kier molecular flexibility index (Phi) is 8.71. The second-order valence-corrected chi connectivity index (χ2v) is 8.05. The van der Waals surface area contributed by atoms with Crippen LogP contribution in [0.3, 0.4) is 0 Å². The zero-order valence-corrected chi connectivity index (χ0v) is 18.5. The highest BCUT2D eigenvalue weighted by Gasteiger charge is 2.25. The van der Waals surface area contributed by atoms with Gasteiger partial charge in [-0.25, -0.2) is 0 Å². The molecule has 0 radical (unpaired) electrons. The summed E-state index contributed by atoms with van der Waals surface area (Å²) in [4.78, 5) is 27.1. The number of nitrogens with one attached hydrogen (secondary N) is 1. The van der Waals surface area contributed by atoms with E-state index in [0.717, 1.165) is 11.1 Å². The Balaban J connectivity index is 2.10. The number of hydrogen-bond donors (Lipinski definition) is 1. The Morgan fingerprint density at radius 2 is 1.55 bits per heavy atom. The summed E-state index contributed by atoms with van der Waals surface area (Å²) < 4.78 is 0. The fourth-order valence-corrected chi connectivity index (χ4v) is 3.28. The molecule has 1 atom stereocenters. The molecule has 0 heterocycles. The molecule has 156 valence electrons. The molecule has 0 bridgehead atoms. The van der Waals surface area contributed by atoms with Crippen LogP contribution in [0.4, 0.5) is 0 Å². The number of amides is 2. The standard InChI is InChI=1S/C24H31ClN2O2/c1-5-26-24(29)18(4)27(16-20-8-13-22(25)14-9-20)23(28)15-10-19-6-11-21(12-7-19)17(2)3/h6-9,11-14,17-18H,5,10,15-16H2,1-4H3,(H,26,29). The maximum absolute atomic E-state index is 13.0. The van der Waals surface area contributed by atoms with Crippen molar-refractivity contribution in [3.05, 3.63) is 70.2 Å². The van der Waals surface area contributed by atoms with E-state index in [4.69, 9.17) is 11.6 Å². The van der Waals surface area contributed by atoms with Crippen molar-refractivity contribution in [3.63, 3.8) is 0 Å². The van der Waals surface area contributed by atoms with Crippen LogP contribution in [0.5, 0.6) is 0 Å². The van der Waals surface area contributed by atoms with E-state index < -0.39 is 6.04 Å². The van der Waals surface area contributed by atoms with Crippen LogP contribution in [0, 0.1) is 0 Å². The van der Waals surface area contributed by atoms with Crippen LogP contribution < -0.4 is 5.32 Å². The molecule has 2 rings (SSSR count). The summed E-state index contributed by atoms with van der Waals surface area (Å²) in [7, 11) is 0. The molecule has 2 amide bonds. The number of aryl methyl sites for hydroxylation is 1. The van der Waals surface area contributed by atoms with Gasteiger partial charge in [0.1, 0.15) is 6.04 Å². The highest BCUT2D eigenvalue weighted by molar-refractivity contribution is 6.30. The van der Waals surface area contributed by atoms with Gasteiger partial charge in [0, 0.05) is 24.5 Å². The second kappa shape index (κ2) is 11.0. The van der Waals surface area contributed by atoms with Crippen LogP contribution in [0.25, 0.3) is 0 Å². The lowest BCUT2D eigenvalue weighted by molar-refractivity contribution is -0.140. The van der Waals surface area contributed by atoms with E-state index in [0.29, 0.717) is 36.9 Å². The van der Waals surface area contributed by atoms with Gasteiger partial charge in [0.2, 0.25) is 11.8 Å². The number of halogens is 1. The van der Waals surface area contributed by atoms with Gasteiger partial charge in [0.25, 0.3) is 0 Å². The molecule has 0 aromatic heterocycles. The maximum atomic E-state index is 13.0. The number of hydrogen-bond acceptors (Lipinski definition) is 2. The van der Waals surface area contributed by atoms with Crippen LogP contribution in [0.15, 0.2) is 48.5 Å². The molecule has 1 N–H and O–H groups in total. The smallest absolute Gasteiger partial charge is 0.242 e. The summed E-state index contributed by atoms with van der Waals surface area (Å²) in [5.74, 6) is 0.307. The lowest BCUT2D eigenvalue weighted by Crippen LogP contribution is -2.47. The minimum absolute atomic E-state index is 0.0355. The summed E-state index contributed by atoms with van der Waals surface area (Å²) in [5.41, 5.74) is 3.36. The van der Waals surface area contributed by atoms with Gasteiger partial charge in [-0.2, -0.15) is 0 Å². The summed E-state index contributed by atoms with van der Waals surface area (Å²) in [6.45, 7) is 8.88. The van der Waals surface area contributed by atoms with Crippen molar-refractivity contribution in [2.75, 3.05) is 6.54 Å². The molecule has 1 unspecified atom stereocenters. The SMILES string of the molecule is CCNC(=O)C(C)N(Cc1ccc(Cl)cc1)C(=O)CCc1ccc(C(C)C)cc1. The van der Waals surface area contributed by atoms with Gasteiger partial charge in [-0.1, -0.05) is 61.8 Å². The molecular weight excluding hydrogens is 384 g/mol. The van der Waals surface area contributed by atoms with Crippen LogP contribution in [-0.4, -0.2) is 29.3 Å². The van der Waals surface area contributed by atoms with E-state index in [9.17, 15) is 9.59 Å². The molecule has 0 spiro atoms. The van der Waals surface area contributed by atoms with Gasteiger partial charge in [-0.3, -0.25) is 9.59 Å². The van der Waals surface area contributed by atoms with Crippen molar-refractivity contribution >= 4 is 23.4 Å². The lowest BCUT2D eigenvalue weighted by atomic mass is 10.00. The highest BCUT2D eigenvalue weighted by Crippen LogP contribution is 2.18. The third-order valence-electron chi connectivity index (χ3n) is 5.06. The van der Waals surface area contributed by atoms with E-state index in [1.165, 1.54) is 5.56 Å². The first-order valence-electron chi connectivity index (χ1n) is 10.2. The normalized spacial score (nSPS) is 11.9. The number of carbonyl (C=O) groups is 2. The van der Waals surface area contributed by atoms with Crippen molar-refractivity contribution in [2.24, 2.45) is 0 Å². The Bertz CT molecular complexity index is 801. The zero-order chi connectivity index (χ0) is 21.4. The summed E-state index contributed by atoms with van der Waals surface area (Å²) >= 11 is 5.97. The lowest BCUT2D eigenvalue weighted by Gasteiger charge is -2.29. The van der Waals surface area contributed by atoms with E-state index in [1.54, 1.807) is 24.0 Å². The largest absolute Gasteiger partial charge is 0.355 e.